The van der Waals surface area contributed by atoms with Crippen molar-refractivity contribution in [2.45, 2.75) is 140 Å². The summed E-state index contributed by atoms with van der Waals surface area (Å²) < 4.78 is 31.0. The minimum atomic E-state index is -2.13. The highest BCUT2D eigenvalue weighted by atomic mass is 16.7. The maximum Gasteiger partial charge on any atom is 0.411 e. The van der Waals surface area contributed by atoms with Crippen molar-refractivity contribution in [3.8, 4) is 0 Å². The number of pyridine rings is 2. The number of amides is 1. The van der Waals surface area contributed by atoms with Gasteiger partial charge in [-0.1, -0.05) is 38.1 Å². The number of cyclic esters (lactones) is 1. The van der Waals surface area contributed by atoms with Crippen molar-refractivity contribution in [1.82, 2.24) is 24.7 Å². The first kappa shape index (κ1) is 51.4. The van der Waals surface area contributed by atoms with Crippen LogP contribution in [0.2, 0.25) is 0 Å². The summed E-state index contributed by atoms with van der Waals surface area (Å²) in [5.74, 6) is -5.97. The Hall–Kier alpha value is -4.63. The van der Waals surface area contributed by atoms with Crippen LogP contribution in [0.15, 0.2) is 54.1 Å². The van der Waals surface area contributed by atoms with E-state index >= 15 is 4.79 Å². The van der Waals surface area contributed by atoms with Gasteiger partial charge in [0.25, 0.3) is 0 Å². The first-order chi connectivity index (χ1) is 30.6. The molecule has 3 saturated heterocycles. The van der Waals surface area contributed by atoms with E-state index in [1.54, 1.807) is 45.3 Å². The number of aliphatic hydroxyl groups excluding tert-OH is 1. The number of ketones is 1. The molecular weight excluding hydrogens is 845 g/mol. The first-order valence-corrected chi connectivity index (χ1v) is 22.2. The second-order valence-corrected chi connectivity index (χ2v) is 18.5. The number of oxime groups is 1. The van der Waals surface area contributed by atoms with Gasteiger partial charge >= 0.3 is 18.0 Å². The summed E-state index contributed by atoms with van der Waals surface area (Å²) in [4.78, 5) is 76.0. The second-order valence-electron chi connectivity index (χ2n) is 18.5. The zero-order valence-corrected chi connectivity index (χ0v) is 39.4. The molecule has 0 aromatic carbocycles. The van der Waals surface area contributed by atoms with Crippen LogP contribution in [-0.4, -0.2) is 177 Å². The second kappa shape index (κ2) is 21.8. The number of carbonyl (C=O) groups excluding carboxylic acids is 4. The summed E-state index contributed by atoms with van der Waals surface area (Å²) in [6, 6.07) is 6.75. The summed E-state index contributed by atoms with van der Waals surface area (Å²) in [7, 11) is 6.72. The Morgan fingerprint density at radius 1 is 1.03 bits per heavy atom. The molecule has 2 aromatic rings. The minimum absolute atomic E-state index is 0.0245. The number of Topliss-reactive ketones (excluding diaryl/α,β-unsaturated/α-hetero) is 1. The molecule has 3 aliphatic heterocycles. The van der Waals surface area contributed by atoms with E-state index in [0.29, 0.717) is 19.5 Å². The predicted molar refractivity (Wildman–Crippen MR) is 235 cm³/mol. The molecule has 65 heavy (non-hydrogen) atoms. The highest BCUT2D eigenvalue weighted by Crippen LogP contribution is 2.40. The van der Waals surface area contributed by atoms with Crippen LogP contribution >= 0.6 is 0 Å². The Kier molecular flexibility index (Phi) is 17.2. The Labute approximate surface area is 381 Å². The molecule has 3 N–H and O–H groups in total. The third-order valence-corrected chi connectivity index (χ3v) is 12.9. The lowest BCUT2D eigenvalue weighted by molar-refractivity contribution is -0.299. The molecule has 3 fully saturated rings. The fourth-order valence-corrected chi connectivity index (χ4v) is 9.39. The van der Waals surface area contributed by atoms with Gasteiger partial charge in [0, 0.05) is 56.1 Å². The van der Waals surface area contributed by atoms with E-state index < -0.39 is 108 Å². The lowest BCUT2D eigenvalue weighted by Crippen LogP contribution is -2.62. The van der Waals surface area contributed by atoms with E-state index in [1.165, 1.54) is 45.0 Å². The van der Waals surface area contributed by atoms with Crippen molar-refractivity contribution in [2.75, 3.05) is 41.3 Å². The van der Waals surface area contributed by atoms with Crippen LogP contribution in [0.5, 0.6) is 0 Å². The monoisotopic (exact) mass is 912 g/mol. The third-order valence-electron chi connectivity index (χ3n) is 12.9. The van der Waals surface area contributed by atoms with Crippen LogP contribution < -0.4 is 0 Å². The molecular formula is C46H68N6O13. The largest absolute Gasteiger partial charge is 0.459 e. The molecule has 3 aliphatic rings. The number of carbonyl (C=O) groups is 4. The normalized spacial score (nSPS) is 35.3. The average molecular weight is 913 g/mol. The van der Waals surface area contributed by atoms with Crippen molar-refractivity contribution >= 4 is 29.5 Å². The van der Waals surface area contributed by atoms with E-state index in [0.717, 1.165) is 5.56 Å². The molecule has 2 unspecified atom stereocenters. The van der Waals surface area contributed by atoms with Crippen molar-refractivity contribution in [3.05, 3.63) is 60.2 Å². The molecule has 360 valence electrons. The van der Waals surface area contributed by atoms with E-state index in [4.69, 9.17) is 28.5 Å². The number of nitrogens with zero attached hydrogens (tertiary/aromatic N) is 6. The number of fused-ring (bicyclic) bond motifs is 1. The van der Waals surface area contributed by atoms with Crippen molar-refractivity contribution < 1.29 is 63.0 Å². The number of rotatable bonds is 13. The van der Waals surface area contributed by atoms with Crippen LogP contribution in [-0.2, 0) is 49.5 Å². The standard InChI is InChI=1S/C46H68N6O13/c1-12-33-46(7,59)40-35(52(44(57)65-40)21-20-51(10)25-30-16-15-18-47-24-30)36(53)26(2)23-45(6,58)39(64-43-37(54)32(50(8)9)22-27(3)61-43)28(4)38(29(5)41(55)62-33)63-42(56)34(49-60-11)31-17-13-14-19-48-31/h13-19,24,26-29,32-33,35,37-40,43,54,58-59H,12,20-23,25H2,1-11H3/b49-34-/t26-,27-,28+,29-,32+,33-,35?,37-,38+,39-,40?,43+,45-,46-/m1/s1. The van der Waals surface area contributed by atoms with Crippen LogP contribution in [0.1, 0.15) is 79.0 Å². The fourth-order valence-electron chi connectivity index (χ4n) is 9.39. The zero-order valence-electron chi connectivity index (χ0n) is 39.4. The molecule has 2 aromatic heterocycles. The summed E-state index contributed by atoms with van der Waals surface area (Å²) in [6.45, 7) is 11.8. The number of hydrogen-bond donors (Lipinski definition) is 3. The van der Waals surface area contributed by atoms with Gasteiger partial charge in [-0.25, -0.2) is 9.59 Å². The number of aromatic nitrogens is 2. The Bertz CT molecular complexity index is 1960. The minimum Gasteiger partial charge on any atom is -0.459 e. The average Bonchev–Trinajstić information content (AvgIpc) is 3.60. The maximum atomic E-state index is 15.0. The number of ether oxygens (including phenoxy) is 5. The van der Waals surface area contributed by atoms with Crippen molar-refractivity contribution in [1.29, 1.82) is 0 Å². The Balaban J connectivity index is 1.59. The smallest absolute Gasteiger partial charge is 0.411 e. The van der Waals surface area contributed by atoms with Gasteiger partial charge in [0.2, 0.25) is 5.71 Å². The summed E-state index contributed by atoms with van der Waals surface area (Å²) >= 11 is 0. The number of aliphatic hydroxyl groups is 3. The maximum absolute atomic E-state index is 15.0. The molecule has 14 atom stereocenters. The van der Waals surface area contributed by atoms with Gasteiger partial charge < -0.3 is 53.6 Å². The van der Waals surface area contributed by atoms with E-state index in [-0.39, 0.29) is 30.8 Å². The highest BCUT2D eigenvalue weighted by molar-refractivity contribution is 6.42. The summed E-state index contributed by atoms with van der Waals surface area (Å²) in [5, 5.41) is 40.7. The molecule has 19 heteroatoms. The third kappa shape index (κ3) is 11.9. The Morgan fingerprint density at radius 2 is 1.75 bits per heavy atom. The molecule has 5 rings (SSSR count). The van der Waals surface area contributed by atoms with Crippen LogP contribution in [0.25, 0.3) is 0 Å². The molecule has 5 heterocycles. The molecule has 0 bridgehead atoms. The molecule has 0 spiro atoms. The fraction of sp³-hybridized carbons (Fsp3) is 0.674. The topological polar surface area (TPSA) is 232 Å². The number of esters is 2. The van der Waals surface area contributed by atoms with Gasteiger partial charge in [-0.2, -0.15) is 0 Å². The van der Waals surface area contributed by atoms with Gasteiger partial charge in [0.1, 0.15) is 37.1 Å². The van der Waals surface area contributed by atoms with Gasteiger partial charge in [0.15, 0.2) is 18.2 Å². The number of likely N-dealkylation sites (N-methyl/N-ethyl adjacent to an activating group) is 2. The molecule has 0 aliphatic carbocycles. The quantitative estimate of drug-likeness (QED) is 0.113. The predicted octanol–water partition coefficient (Wildman–Crippen LogP) is 2.58. The first-order valence-electron chi connectivity index (χ1n) is 22.2. The zero-order chi connectivity index (χ0) is 48.0. The van der Waals surface area contributed by atoms with Gasteiger partial charge in [-0.3, -0.25) is 24.5 Å². The van der Waals surface area contributed by atoms with Gasteiger partial charge in [-0.15, -0.1) is 0 Å². The number of hydrogen-bond acceptors (Lipinski definition) is 18. The molecule has 0 saturated carbocycles. The van der Waals surface area contributed by atoms with Crippen LogP contribution in [0, 0.1) is 17.8 Å². The lowest BCUT2D eigenvalue weighted by atomic mass is 9.75. The summed E-state index contributed by atoms with van der Waals surface area (Å²) in [5.41, 5.74) is -3.42. The Morgan fingerprint density at radius 3 is 2.37 bits per heavy atom. The van der Waals surface area contributed by atoms with E-state index in [1.807, 2.05) is 50.0 Å². The molecule has 19 nitrogen and oxygen atoms in total. The van der Waals surface area contributed by atoms with Gasteiger partial charge in [-0.05, 0) is 91.9 Å². The highest BCUT2D eigenvalue weighted by Gasteiger charge is 2.59. The summed E-state index contributed by atoms with van der Waals surface area (Å²) in [6.07, 6.45) is -4.48. The van der Waals surface area contributed by atoms with Gasteiger partial charge in [0.05, 0.1) is 29.4 Å². The van der Waals surface area contributed by atoms with Crippen LogP contribution in [0.3, 0.4) is 0 Å². The van der Waals surface area contributed by atoms with E-state index in [2.05, 4.69) is 15.1 Å². The molecule has 0 radical (unpaired) electrons. The molecule has 1 amide bonds. The lowest BCUT2D eigenvalue weighted by Gasteiger charge is -2.47. The van der Waals surface area contributed by atoms with Crippen LogP contribution in [0.4, 0.5) is 4.79 Å². The van der Waals surface area contributed by atoms with Crippen molar-refractivity contribution in [2.24, 2.45) is 22.9 Å². The van der Waals surface area contributed by atoms with E-state index in [9.17, 15) is 29.7 Å². The SMILES string of the molecule is CC[C@H]1OC(=O)[C@H](C)[C@@H](OC(=O)/C(=N\OC)c2ccccn2)[C@H](C)[C@@H](O[C@@H]2O[C@H](C)C[C@H](N(C)C)[C@H]2O)[C@](C)(O)C[C@@H](C)C(=O)C2C(OC(=O)N2CCN(C)Cc2cccnc2)[C@]1(C)O. The van der Waals surface area contributed by atoms with Crippen molar-refractivity contribution in [3.63, 3.8) is 0 Å².